The molecule has 38 heavy (non-hydrogen) atoms. The molecule has 2 aromatic carbocycles. The fraction of sp³-hybridized carbons (Fsp3) is 0.407. The van der Waals surface area contributed by atoms with Crippen LogP contribution < -0.4 is 9.46 Å². The van der Waals surface area contributed by atoms with Crippen LogP contribution in [0.2, 0.25) is 0 Å². The van der Waals surface area contributed by atoms with Gasteiger partial charge in [0.15, 0.2) is 5.03 Å². The molecule has 2 heterocycles. The van der Waals surface area contributed by atoms with Crippen LogP contribution in [0.25, 0.3) is 0 Å². The lowest BCUT2D eigenvalue weighted by molar-refractivity contribution is 0.0341. The molecule has 10 nitrogen and oxygen atoms in total. The molecule has 0 saturated heterocycles. The Morgan fingerprint density at radius 2 is 1.97 bits per heavy atom. The molecule has 0 fully saturated rings. The quantitative estimate of drug-likeness (QED) is 0.428. The number of rotatable bonds is 9. The van der Waals surface area contributed by atoms with Crippen molar-refractivity contribution in [2.45, 2.75) is 37.6 Å². The fourth-order valence-electron chi connectivity index (χ4n) is 4.51. The molecule has 3 atom stereocenters. The number of aliphatic hydroxyl groups is 1. The van der Waals surface area contributed by atoms with Crippen molar-refractivity contribution in [1.82, 2.24) is 19.4 Å². The molecule has 2 N–H and O–H groups in total. The first-order chi connectivity index (χ1) is 18.1. The van der Waals surface area contributed by atoms with Crippen LogP contribution in [-0.2, 0) is 23.6 Å². The van der Waals surface area contributed by atoms with Crippen molar-refractivity contribution in [3.05, 3.63) is 72.2 Å². The molecular formula is C27H35N5O5S. The van der Waals surface area contributed by atoms with Crippen molar-refractivity contribution in [2.75, 3.05) is 31.5 Å². The zero-order chi connectivity index (χ0) is 27.4. The first-order valence-electron chi connectivity index (χ1n) is 12.5. The standard InChI is InChI=1S/C27H35N5O5S/c1-19-13-32(20(2)17-33)27(34)23-12-22(29-38(35,36)26-16-31(4)18-28-26)10-11-24(23)37-25(19)15-30(3)14-21-8-6-5-7-9-21/h5-12,16,18-20,25,29,33H,13-15,17H2,1-4H3/t19-,20+,25+/m1/s1. The maximum absolute atomic E-state index is 13.6. The number of fused-ring (bicyclic) bond motifs is 1. The molecule has 0 saturated carbocycles. The number of carbonyl (C=O) groups is 1. The van der Waals surface area contributed by atoms with Gasteiger partial charge in [-0.25, -0.2) is 4.98 Å². The lowest BCUT2D eigenvalue weighted by Crippen LogP contribution is -2.49. The largest absolute Gasteiger partial charge is 0.488 e. The van der Waals surface area contributed by atoms with E-state index in [1.165, 1.54) is 28.7 Å². The van der Waals surface area contributed by atoms with E-state index in [0.717, 1.165) is 6.54 Å². The number of imidazole rings is 1. The summed E-state index contributed by atoms with van der Waals surface area (Å²) in [7, 11) is -0.242. The molecule has 1 aliphatic rings. The van der Waals surface area contributed by atoms with Crippen LogP contribution in [0.15, 0.2) is 66.1 Å². The SMILES string of the molecule is C[C@@H]1CN([C@@H](C)CO)C(=O)c2cc(NS(=O)(=O)c3cn(C)cn3)ccc2O[C@H]1CN(C)Cc1ccccc1. The molecule has 0 spiro atoms. The predicted octanol–water partition coefficient (Wildman–Crippen LogP) is 2.57. The van der Waals surface area contributed by atoms with Crippen LogP contribution in [-0.4, -0.2) is 77.7 Å². The van der Waals surface area contributed by atoms with E-state index in [-0.39, 0.29) is 40.8 Å². The number of carbonyl (C=O) groups excluding carboxylic acids is 1. The van der Waals surface area contributed by atoms with Crippen molar-refractivity contribution in [3.8, 4) is 5.75 Å². The van der Waals surface area contributed by atoms with E-state index in [1.54, 1.807) is 31.0 Å². The molecule has 204 valence electrons. The van der Waals surface area contributed by atoms with E-state index in [4.69, 9.17) is 4.74 Å². The van der Waals surface area contributed by atoms with Gasteiger partial charge < -0.3 is 19.3 Å². The molecule has 11 heteroatoms. The highest BCUT2D eigenvalue weighted by atomic mass is 32.2. The number of aryl methyl sites for hydroxylation is 1. The number of amides is 1. The van der Waals surface area contributed by atoms with E-state index in [1.807, 2.05) is 32.2 Å². The number of nitrogens with one attached hydrogen (secondary N) is 1. The minimum Gasteiger partial charge on any atom is -0.488 e. The third kappa shape index (κ3) is 6.35. The monoisotopic (exact) mass is 541 g/mol. The van der Waals surface area contributed by atoms with Gasteiger partial charge >= 0.3 is 0 Å². The smallest absolute Gasteiger partial charge is 0.280 e. The van der Waals surface area contributed by atoms with E-state index in [0.29, 0.717) is 18.8 Å². The minimum absolute atomic E-state index is 0.0262. The van der Waals surface area contributed by atoms with Crippen LogP contribution in [0.5, 0.6) is 5.75 Å². The van der Waals surface area contributed by atoms with Crippen molar-refractivity contribution in [1.29, 1.82) is 0 Å². The Balaban J connectivity index is 1.63. The topological polar surface area (TPSA) is 117 Å². The Morgan fingerprint density at radius 3 is 2.63 bits per heavy atom. The predicted molar refractivity (Wildman–Crippen MR) is 144 cm³/mol. The minimum atomic E-state index is -3.95. The van der Waals surface area contributed by atoms with Gasteiger partial charge in [0.05, 0.1) is 24.5 Å². The van der Waals surface area contributed by atoms with Gasteiger partial charge in [-0.3, -0.25) is 14.4 Å². The Kier molecular flexibility index (Phi) is 8.39. The number of benzene rings is 2. The zero-order valence-electron chi connectivity index (χ0n) is 22.1. The number of ether oxygens (including phenoxy) is 1. The first kappa shape index (κ1) is 27.6. The van der Waals surface area contributed by atoms with Crippen molar-refractivity contribution < 1.29 is 23.1 Å². The summed E-state index contributed by atoms with van der Waals surface area (Å²) in [6, 6.07) is 14.4. The molecule has 0 radical (unpaired) electrons. The summed E-state index contributed by atoms with van der Waals surface area (Å²) in [5.74, 6) is 0.0145. The summed E-state index contributed by atoms with van der Waals surface area (Å²) < 4.78 is 36.1. The van der Waals surface area contributed by atoms with Gasteiger partial charge in [-0.1, -0.05) is 37.3 Å². The van der Waals surface area contributed by atoms with Gasteiger partial charge in [0, 0.05) is 44.5 Å². The molecule has 1 aromatic heterocycles. The summed E-state index contributed by atoms with van der Waals surface area (Å²) >= 11 is 0. The summed E-state index contributed by atoms with van der Waals surface area (Å²) in [4.78, 5) is 21.4. The van der Waals surface area contributed by atoms with Gasteiger partial charge in [0.2, 0.25) is 0 Å². The molecule has 4 rings (SSSR count). The van der Waals surface area contributed by atoms with E-state index >= 15 is 0 Å². The Labute approximate surface area is 223 Å². The summed E-state index contributed by atoms with van der Waals surface area (Å²) in [5.41, 5.74) is 1.63. The summed E-state index contributed by atoms with van der Waals surface area (Å²) in [6.45, 7) is 5.36. The molecule has 1 amide bonds. The second kappa shape index (κ2) is 11.5. The Morgan fingerprint density at radius 1 is 1.24 bits per heavy atom. The van der Waals surface area contributed by atoms with Crippen LogP contribution >= 0.6 is 0 Å². The van der Waals surface area contributed by atoms with E-state index in [9.17, 15) is 18.3 Å². The van der Waals surface area contributed by atoms with E-state index < -0.39 is 16.1 Å². The lowest BCUT2D eigenvalue weighted by atomic mass is 9.99. The van der Waals surface area contributed by atoms with Gasteiger partial charge in [-0.05, 0) is 37.7 Å². The molecular weight excluding hydrogens is 506 g/mol. The van der Waals surface area contributed by atoms with Crippen LogP contribution in [0.4, 0.5) is 5.69 Å². The van der Waals surface area contributed by atoms with Gasteiger partial charge in [-0.15, -0.1) is 0 Å². The zero-order valence-corrected chi connectivity index (χ0v) is 22.9. The third-order valence-corrected chi connectivity index (χ3v) is 7.93. The maximum atomic E-state index is 13.6. The van der Waals surface area contributed by atoms with Crippen LogP contribution in [0.1, 0.15) is 29.8 Å². The number of anilines is 1. The molecule has 0 aliphatic carbocycles. The van der Waals surface area contributed by atoms with Crippen molar-refractivity contribution >= 4 is 21.6 Å². The average molecular weight is 542 g/mol. The molecule has 0 unspecified atom stereocenters. The fourth-order valence-corrected chi connectivity index (χ4v) is 5.54. The number of likely N-dealkylation sites (N-methyl/N-ethyl adjacent to an activating group) is 1. The Hall–Kier alpha value is -3.41. The number of sulfonamides is 1. The maximum Gasteiger partial charge on any atom is 0.280 e. The highest BCUT2D eigenvalue weighted by Gasteiger charge is 2.34. The number of aliphatic hydroxyl groups excluding tert-OH is 1. The first-order valence-corrected chi connectivity index (χ1v) is 14.0. The van der Waals surface area contributed by atoms with Crippen molar-refractivity contribution in [3.63, 3.8) is 0 Å². The number of nitrogens with zero attached hydrogens (tertiary/aromatic N) is 4. The number of aromatic nitrogens is 2. The summed E-state index contributed by atoms with van der Waals surface area (Å²) in [6.07, 6.45) is 2.55. The van der Waals surface area contributed by atoms with Gasteiger partial charge in [0.25, 0.3) is 15.9 Å². The molecule has 1 aliphatic heterocycles. The van der Waals surface area contributed by atoms with Crippen molar-refractivity contribution in [2.24, 2.45) is 13.0 Å². The second-order valence-corrected chi connectivity index (χ2v) is 11.6. The number of hydrogen-bond acceptors (Lipinski definition) is 7. The highest BCUT2D eigenvalue weighted by molar-refractivity contribution is 7.92. The highest BCUT2D eigenvalue weighted by Crippen LogP contribution is 2.31. The van der Waals surface area contributed by atoms with Crippen LogP contribution in [0.3, 0.4) is 0 Å². The lowest BCUT2D eigenvalue weighted by Gasteiger charge is -2.38. The third-order valence-electron chi connectivity index (χ3n) is 6.66. The van der Waals surface area contributed by atoms with E-state index in [2.05, 4.69) is 26.7 Å². The average Bonchev–Trinajstić information content (AvgIpc) is 3.34. The number of hydrogen-bond donors (Lipinski definition) is 2. The molecule has 3 aromatic rings. The second-order valence-electron chi connectivity index (χ2n) is 10.00. The van der Waals surface area contributed by atoms with Gasteiger partial charge in [-0.2, -0.15) is 8.42 Å². The molecule has 0 bridgehead atoms. The Bertz CT molecular complexity index is 1360. The summed E-state index contributed by atoms with van der Waals surface area (Å²) in [5, 5.41) is 9.75. The normalized spacial score (nSPS) is 18.9. The van der Waals surface area contributed by atoms with Crippen LogP contribution in [0, 0.1) is 5.92 Å². The van der Waals surface area contributed by atoms with Gasteiger partial charge in [0.1, 0.15) is 11.9 Å².